The lowest BCUT2D eigenvalue weighted by Crippen LogP contribution is -2.27. The molecule has 8 heteroatoms. The average Bonchev–Trinajstić information content (AvgIpc) is 2.28. The first-order valence-corrected chi connectivity index (χ1v) is 5.24. The van der Waals surface area contributed by atoms with Crippen molar-refractivity contribution in [3.8, 4) is 0 Å². The molecule has 0 aliphatic heterocycles. The Morgan fingerprint density at radius 1 is 1.29 bits per heavy atom. The van der Waals surface area contributed by atoms with Gasteiger partial charge in [0.05, 0.1) is 0 Å². The lowest BCUT2D eigenvalue weighted by Gasteiger charge is -2.15. The van der Waals surface area contributed by atoms with Gasteiger partial charge in [0.2, 0.25) is 24.3 Å². The fourth-order valence-corrected chi connectivity index (χ4v) is 1.07. The molecule has 0 aliphatic rings. The molecule has 0 spiro atoms. The lowest BCUT2D eigenvalue weighted by atomic mass is 10.4. The minimum atomic E-state index is -0.0343. The first-order chi connectivity index (χ1) is 8.17. The lowest BCUT2D eigenvalue weighted by molar-refractivity contribution is -0.108. The highest BCUT2D eigenvalue weighted by Crippen LogP contribution is 2.08. The summed E-state index contributed by atoms with van der Waals surface area (Å²) in [6.07, 6.45) is 2.50. The topological polar surface area (TPSA) is 120 Å². The minimum Gasteiger partial charge on any atom is -0.368 e. The molecule has 1 amide bonds. The zero-order chi connectivity index (χ0) is 12.7. The Hall–Kier alpha value is -1.96. The van der Waals surface area contributed by atoms with Crippen molar-refractivity contribution in [1.29, 1.82) is 0 Å². The largest absolute Gasteiger partial charge is 0.368 e. The van der Waals surface area contributed by atoms with E-state index in [2.05, 4.69) is 15.0 Å². The maximum atomic E-state index is 10.9. The summed E-state index contributed by atoms with van der Waals surface area (Å²) in [7, 11) is 0. The molecule has 1 aromatic rings. The molecule has 8 nitrogen and oxygen atoms in total. The molecule has 0 radical (unpaired) electrons. The summed E-state index contributed by atoms with van der Waals surface area (Å²) >= 11 is 0. The van der Waals surface area contributed by atoms with E-state index in [1.54, 1.807) is 0 Å². The van der Waals surface area contributed by atoms with E-state index in [-0.39, 0.29) is 24.6 Å². The van der Waals surface area contributed by atoms with Crippen LogP contribution in [0.2, 0.25) is 0 Å². The number of aromatic nitrogens is 3. The number of carbonyl (C=O) groups is 1. The monoisotopic (exact) mass is 240 g/mol. The molecule has 0 saturated carbocycles. The SMILES string of the molecule is CCCCOCN(C=O)c1nc(N)nc(N)n1. The Kier molecular flexibility index (Phi) is 5.08. The van der Waals surface area contributed by atoms with Crippen molar-refractivity contribution in [3.63, 3.8) is 0 Å². The number of unbranched alkanes of at least 4 members (excludes halogenated alkanes) is 1. The van der Waals surface area contributed by atoms with Crippen LogP contribution in [0.3, 0.4) is 0 Å². The van der Waals surface area contributed by atoms with Crippen LogP contribution in [0.25, 0.3) is 0 Å². The van der Waals surface area contributed by atoms with E-state index in [1.807, 2.05) is 6.92 Å². The second-order valence-electron chi connectivity index (χ2n) is 3.32. The van der Waals surface area contributed by atoms with Crippen molar-refractivity contribution in [2.45, 2.75) is 19.8 Å². The molecule has 0 saturated heterocycles. The van der Waals surface area contributed by atoms with Crippen LogP contribution in [0.15, 0.2) is 0 Å². The van der Waals surface area contributed by atoms with Gasteiger partial charge in [-0.3, -0.25) is 9.69 Å². The number of ether oxygens (including phenoxy) is 1. The summed E-state index contributed by atoms with van der Waals surface area (Å²) in [6.45, 7) is 2.68. The average molecular weight is 240 g/mol. The molecule has 94 valence electrons. The van der Waals surface area contributed by atoms with Crippen LogP contribution in [0.4, 0.5) is 17.8 Å². The van der Waals surface area contributed by atoms with Gasteiger partial charge in [-0.05, 0) is 6.42 Å². The maximum Gasteiger partial charge on any atom is 0.240 e. The minimum absolute atomic E-state index is 0.0343. The number of nitrogens with zero attached hydrogens (tertiary/aromatic N) is 4. The van der Waals surface area contributed by atoms with Gasteiger partial charge in [0.15, 0.2) is 0 Å². The number of carbonyl (C=O) groups excluding carboxylic acids is 1. The number of rotatable bonds is 7. The van der Waals surface area contributed by atoms with Crippen molar-refractivity contribution in [2.24, 2.45) is 0 Å². The van der Waals surface area contributed by atoms with E-state index in [0.29, 0.717) is 13.0 Å². The Morgan fingerprint density at radius 2 is 1.94 bits per heavy atom. The molecule has 1 rings (SSSR count). The molecular formula is C9H16N6O2. The summed E-state index contributed by atoms with van der Waals surface area (Å²) in [5.74, 6) is 0.0160. The number of hydrogen-bond acceptors (Lipinski definition) is 7. The molecule has 0 fully saturated rings. The number of anilines is 3. The van der Waals surface area contributed by atoms with Crippen LogP contribution >= 0.6 is 0 Å². The van der Waals surface area contributed by atoms with Crippen LogP contribution in [-0.2, 0) is 9.53 Å². The highest BCUT2D eigenvalue weighted by atomic mass is 16.5. The summed E-state index contributed by atoms with van der Waals surface area (Å²) in [5.41, 5.74) is 10.8. The van der Waals surface area contributed by atoms with Gasteiger partial charge in [-0.15, -0.1) is 0 Å². The van der Waals surface area contributed by atoms with Crippen LogP contribution in [0.1, 0.15) is 19.8 Å². The summed E-state index contributed by atoms with van der Waals surface area (Å²) in [5, 5.41) is 0. The van der Waals surface area contributed by atoms with Crippen LogP contribution in [0.5, 0.6) is 0 Å². The van der Waals surface area contributed by atoms with Crippen molar-refractivity contribution in [1.82, 2.24) is 15.0 Å². The summed E-state index contributed by atoms with van der Waals surface area (Å²) < 4.78 is 5.27. The number of amides is 1. The van der Waals surface area contributed by atoms with E-state index in [4.69, 9.17) is 16.2 Å². The smallest absolute Gasteiger partial charge is 0.240 e. The third-order valence-electron chi connectivity index (χ3n) is 1.91. The number of nitrogen functional groups attached to an aromatic ring is 2. The second-order valence-corrected chi connectivity index (χ2v) is 3.32. The zero-order valence-electron chi connectivity index (χ0n) is 9.67. The summed E-state index contributed by atoms with van der Waals surface area (Å²) in [4.78, 5) is 23.2. The standard InChI is InChI=1S/C9H16N6O2/c1-2-3-4-17-6-15(5-16)9-13-7(10)12-8(11)14-9/h5H,2-4,6H2,1H3,(H4,10,11,12,13,14). The molecule has 4 N–H and O–H groups in total. The Balaban J connectivity index is 2.62. The van der Waals surface area contributed by atoms with Gasteiger partial charge in [-0.2, -0.15) is 15.0 Å². The van der Waals surface area contributed by atoms with Crippen LogP contribution in [0, 0.1) is 0 Å². The molecule has 17 heavy (non-hydrogen) atoms. The molecular weight excluding hydrogens is 224 g/mol. The van der Waals surface area contributed by atoms with Gasteiger partial charge in [0.25, 0.3) is 0 Å². The normalized spacial score (nSPS) is 10.2. The fraction of sp³-hybridized carbons (Fsp3) is 0.556. The van der Waals surface area contributed by atoms with Crippen molar-refractivity contribution in [2.75, 3.05) is 29.7 Å². The van der Waals surface area contributed by atoms with Crippen LogP contribution in [-0.4, -0.2) is 34.7 Å². The third kappa shape index (κ3) is 4.19. The third-order valence-corrected chi connectivity index (χ3v) is 1.91. The Bertz CT molecular complexity index is 352. The highest BCUT2D eigenvalue weighted by molar-refractivity contribution is 5.71. The van der Waals surface area contributed by atoms with Gasteiger partial charge >= 0.3 is 0 Å². The molecule has 1 heterocycles. The second kappa shape index (κ2) is 6.59. The van der Waals surface area contributed by atoms with E-state index in [0.717, 1.165) is 12.8 Å². The van der Waals surface area contributed by atoms with Gasteiger partial charge in [-0.25, -0.2) is 0 Å². The maximum absolute atomic E-state index is 10.9. The fourth-order valence-electron chi connectivity index (χ4n) is 1.07. The Labute approximate surface area is 99.0 Å². The van der Waals surface area contributed by atoms with Gasteiger partial charge in [0.1, 0.15) is 6.73 Å². The van der Waals surface area contributed by atoms with E-state index >= 15 is 0 Å². The molecule has 0 aliphatic carbocycles. The zero-order valence-corrected chi connectivity index (χ0v) is 9.67. The first-order valence-electron chi connectivity index (χ1n) is 5.24. The van der Waals surface area contributed by atoms with Crippen molar-refractivity contribution in [3.05, 3.63) is 0 Å². The highest BCUT2D eigenvalue weighted by Gasteiger charge is 2.10. The summed E-state index contributed by atoms with van der Waals surface area (Å²) in [6, 6.07) is 0. The van der Waals surface area contributed by atoms with Crippen molar-refractivity contribution < 1.29 is 9.53 Å². The van der Waals surface area contributed by atoms with E-state index < -0.39 is 0 Å². The molecule has 1 aromatic heterocycles. The molecule has 0 unspecified atom stereocenters. The number of nitrogens with two attached hydrogens (primary N) is 2. The quantitative estimate of drug-likeness (QED) is 0.383. The van der Waals surface area contributed by atoms with E-state index in [1.165, 1.54) is 4.90 Å². The Morgan fingerprint density at radius 3 is 2.47 bits per heavy atom. The first kappa shape index (κ1) is 13.1. The van der Waals surface area contributed by atoms with Crippen molar-refractivity contribution >= 4 is 24.3 Å². The van der Waals surface area contributed by atoms with Gasteiger partial charge in [0, 0.05) is 6.61 Å². The predicted molar refractivity (Wildman–Crippen MR) is 62.9 cm³/mol. The molecule has 0 aromatic carbocycles. The van der Waals surface area contributed by atoms with Crippen LogP contribution < -0.4 is 16.4 Å². The van der Waals surface area contributed by atoms with Gasteiger partial charge in [-0.1, -0.05) is 13.3 Å². The number of hydrogen-bond donors (Lipinski definition) is 2. The van der Waals surface area contributed by atoms with Gasteiger partial charge < -0.3 is 16.2 Å². The predicted octanol–water partition coefficient (Wildman–Crippen LogP) is -0.227. The van der Waals surface area contributed by atoms with E-state index in [9.17, 15) is 4.79 Å². The molecule has 0 atom stereocenters. The molecule has 0 bridgehead atoms.